The zero-order chi connectivity index (χ0) is 12.8. The monoisotopic (exact) mass is 249 g/mol. The highest BCUT2D eigenvalue weighted by molar-refractivity contribution is 5.23. The molecule has 18 heavy (non-hydrogen) atoms. The number of ether oxygens (including phenoxy) is 2. The number of aryl methyl sites for hydroxylation is 1. The lowest BCUT2D eigenvalue weighted by molar-refractivity contribution is -0.00873. The number of hydrogen-bond acceptors (Lipinski definition) is 3. The fourth-order valence-corrected chi connectivity index (χ4v) is 2.25. The topological polar surface area (TPSA) is 44.5 Å². The van der Waals surface area contributed by atoms with Crippen LogP contribution in [0.5, 0.6) is 0 Å². The van der Waals surface area contributed by atoms with Crippen LogP contribution in [0, 0.1) is 12.8 Å². The van der Waals surface area contributed by atoms with E-state index in [2.05, 4.69) is 31.2 Å². The average molecular weight is 249 g/mol. The second-order valence-electron chi connectivity index (χ2n) is 5.02. The lowest BCUT2D eigenvalue weighted by atomic mass is 10.0. The molecule has 100 valence electrons. The van der Waals surface area contributed by atoms with Gasteiger partial charge in [-0.15, -0.1) is 0 Å². The molecule has 3 nitrogen and oxygen atoms in total. The van der Waals surface area contributed by atoms with Gasteiger partial charge in [0.15, 0.2) is 0 Å². The summed E-state index contributed by atoms with van der Waals surface area (Å²) < 4.78 is 11.3. The van der Waals surface area contributed by atoms with Crippen LogP contribution in [0.15, 0.2) is 24.3 Å². The first kappa shape index (κ1) is 13.5. The van der Waals surface area contributed by atoms with Gasteiger partial charge in [0.05, 0.1) is 12.7 Å². The molecule has 1 atom stereocenters. The summed E-state index contributed by atoms with van der Waals surface area (Å²) in [6.45, 7) is 5.15. The molecule has 2 rings (SSSR count). The van der Waals surface area contributed by atoms with Crippen LogP contribution in [-0.2, 0) is 9.47 Å². The normalized spacial score (nSPS) is 18.8. The third-order valence-electron chi connectivity index (χ3n) is 3.54. The summed E-state index contributed by atoms with van der Waals surface area (Å²) in [5, 5.41) is 0. The van der Waals surface area contributed by atoms with Gasteiger partial charge < -0.3 is 15.2 Å². The molecule has 0 aromatic heterocycles. The Morgan fingerprint density at radius 2 is 1.94 bits per heavy atom. The lowest BCUT2D eigenvalue weighted by Gasteiger charge is -2.24. The Hall–Kier alpha value is -0.900. The summed E-state index contributed by atoms with van der Waals surface area (Å²) in [5.41, 5.74) is 8.25. The van der Waals surface area contributed by atoms with Crippen molar-refractivity contribution >= 4 is 0 Å². The van der Waals surface area contributed by atoms with E-state index >= 15 is 0 Å². The first-order chi connectivity index (χ1) is 8.79. The van der Waals surface area contributed by atoms with Gasteiger partial charge in [-0.05, 0) is 31.2 Å². The van der Waals surface area contributed by atoms with Crippen molar-refractivity contribution in [2.45, 2.75) is 25.9 Å². The highest BCUT2D eigenvalue weighted by atomic mass is 16.5. The molecule has 0 aliphatic carbocycles. The summed E-state index contributed by atoms with van der Waals surface area (Å²) >= 11 is 0. The third-order valence-corrected chi connectivity index (χ3v) is 3.54. The standard InChI is InChI=1S/C15H23NO2/c1-12-2-4-14(5-3-12)15(10-16)18-11-13-6-8-17-9-7-13/h2-5,13,15H,6-11,16H2,1H3. The molecule has 1 aliphatic heterocycles. The van der Waals surface area contributed by atoms with Gasteiger partial charge in [-0.2, -0.15) is 0 Å². The maximum Gasteiger partial charge on any atom is 0.0947 e. The van der Waals surface area contributed by atoms with E-state index in [1.54, 1.807) is 0 Å². The number of nitrogens with two attached hydrogens (primary N) is 1. The summed E-state index contributed by atoms with van der Waals surface area (Å²) in [6, 6.07) is 8.43. The molecule has 1 heterocycles. The van der Waals surface area contributed by atoms with E-state index < -0.39 is 0 Å². The highest BCUT2D eigenvalue weighted by Crippen LogP contribution is 2.21. The first-order valence-electron chi connectivity index (χ1n) is 6.75. The molecule has 1 unspecified atom stereocenters. The van der Waals surface area contributed by atoms with E-state index in [1.165, 1.54) is 11.1 Å². The molecule has 0 radical (unpaired) electrons. The molecule has 0 saturated carbocycles. The van der Waals surface area contributed by atoms with E-state index in [0.29, 0.717) is 12.5 Å². The Balaban J connectivity index is 1.86. The molecule has 1 aromatic carbocycles. The van der Waals surface area contributed by atoms with Gasteiger partial charge in [0.25, 0.3) is 0 Å². The molecule has 1 saturated heterocycles. The SMILES string of the molecule is Cc1ccc(C(CN)OCC2CCOCC2)cc1. The minimum absolute atomic E-state index is 0.0217. The van der Waals surface area contributed by atoms with Crippen LogP contribution in [0.4, 0.5) is 0 Å². The fourth-order valence-electron chi connectivity index (χ4n) is 2.25. The van der Waals surface area contributed by atoms with E-state index in [1.807, 2.05) is 0 Å². The van der Waals surface area contributed by atoms with E-state index in [9.17, 15) is 0 Å². The van der Waals surface area contributed by atoms with Crippen molar-refractivity contribution < 1.29 is 9.47 Å². The maximum atomic E-state index is 5.98. The molecular formula is C15H23NO2. The Kier molecular flexibility index (Phi) is 5.17. The van der Waals surface area contributed by atoms with Crippen molar-refractivity contribution in [2.75, 3.05) is 26.4 Å². The van der Waals surface area contributed by atoms with E-state index in [0.717, 1.165) is 32.7 Å². The molecular weight excluding hydrogens is 226 g/mol. The minimum Gasteiger partial charge on any atom is -0.381 e. The molecule has 1 aromatic rings. The fraction of sp³-hybridized carbons (Fsp3) is 0.600. The van der Waals surface area contributed by atoms with Gasteiger partial charge in [-0.25, -0.2) is 0 Å². The molecule has 3 heteroatoms. The lowest BCUT2D eigenvalue weighted by Crippen LogP contribution is -2.24. The van der Waals surface area contributed by atoms with Gasteiger partial charge in [0.2, 0.25) is 0 Å². The van der Waals surface area contributed by atoms with Gasteiger partial charge in [-0.1, -0.05) is 29.8 Å². The summed E-state index contributed by atoms with van der Waals surface area (Å²) in [7, 11) is 0. The van der Waals surface area contributed by atoms with Crippen LogP contribution in [0.25, 0.3) is 0 Å². The quantitative estimate of drug-likeness (QED) is 0.871. The van der Waals surface area contributed by atoms with E-state index in [-0.39, 0.29) is 6.10 Å². The van der Waals surface area contributed by atoms with Crippen molar-refractivity contribution in [3.63, 3.8) is 0 Å². The highest BCUT2D eigenvalue weighted by Gasteiger charge is 2.17. The molecule has 2 N–H and O–H groups in total. The summed E-state index contributed by atoms with van der Waals surface area (Å²) in [6.07, 6.45) is 2.23. The van der Waals surface area contributed by atoms with Crippen LogP contribution in [0.2, 0.25) is 0 Å². The third kappa shape index (κ3) is 3.80. The maximum absolute atomic E-state index is 5.98. The number of rotatable bonds is 5. The smallest absolute Gasteiger partial charge is 0.0947 e. The van der Waals surface area contributed by atoms with Gasteiger partial charge in [0.1, 0.15) is 0 Å². The molecule has 1 aliphatic rings. The van der Waals surface area contributed by atoms with Gasteiger partial charge >= 0.3 is 0 Å². The molecule has 1 fully saturated rings. The Morgan fingerprint density at radius 3 is 2.56 bits per heavy atom. The van der Waals surface area contributed by atoms with Crippen molar-refractivity contribution in [3.05, 3.63) is 35.4 Å². The van der Waals surface area contributed by atoms with Crippen LogP contribution in [-0.4, -0.2) is 26.4 Å². The average Bonchev–Trinajstić information content (AvgIpc) is 2.42. The number of hydrogen-bond donors (Lipinski definition) is 1. The minimum atomic E-state index is 0.0217. The largest absolute Gasteiger partial charge is 0.381 e. The van der Waals surface area contributed by atoms with Gasteiger partial charge in [-0.3, -0.25) is 0 Å². The zero-order valence-electron chi connectivity index (χ0n) is 11.1. The Labute approximate surface area is 109 Å². The molecule has 0 amide bonds. The molecule has 0 spiro atoms. The van der Waals surface area contributed by atoms with Gasteiger partial charge in [0, 0.05) is 19.8 Å². The second-order valence-corrected chi connectivity index (χ2v) is 5.02. The van der Waals surface area contributed by atoms with Crippen LogP contribution < -0.4 is 5.73 Å². The predicted molar refractivity (Wildman–Crippen MR) is 72.5 cm³/mol. The molecule has 0 bridgehead atoms. The summed E-state index contributed by atoms with van der Waals surface area (Å²) in [5.74, 6) is 0.623. The van der Waals surface area contributed by atoms with Crippen LogP contribution in [0.3, 0.4) is 0 Å². The van der Waals surface area contributed by atoms with Crippen molar-refractivity contribution in [1.29, 1.82) is 0 Å². The van der Waals surface area contributed by atoms with Crippen LogP contribution >= 0.6 is 0 Å². The van der Waals surface area contributed by atoms with Crippen LogP contribution in [0.1, 0.15) is 30.1 Å². The predicted octanol–water partition coefficient (Wildman–Crippen LogP) is 2.44. The first-order valence-corrected chi connectivity index (χ1v) is 6.75. The van der Waals surface area contributed by atoms with Crippen molar-refractivity contribution in [1.82, 2.24) is 0 Å². The zero-order valence-corrected chi connectivity index (χ0v) is 11.1. The second kappa shape index (κ2) is 6.88. The Morgan fingerprint density at radius 1 is 1.28 bits per heavy atom. The Bertz CT molecular complexity index is 344. The number of benzene rings is 1. The van der Waals surface area contributed by atoms with Crippen molar-refractivity contribution in [2.24, 2.45) is 11.7 Å². The van der Waals surface area contributed by atoms with E-state index in [4.69, 9.17) is 15.2 Å². The van der Waals surface area contributed by atoms with Crippen molar-refractivity contribution in [3.8, 4) is 0 Å². The summed E-state index contributed by atoms with van der Waals surface area (Å²) in [4.78, 5) is 0.